The van der Waals surface area contributed by atoms with E-state index in [0.717, 1.165) is 19.6 Å². The average Bonchev–Trinajstić information content (AvgIpc) is 2.90. The highest BCUT2D eigenvalue weighted by Crippen LogP contribution is 2.27. The van der Waals surface area contributed by atoms with Gasteiger partial charge in [0.15, 0.2) is 0 Å². The lowest BCUT2D eigenvalue weighted by molar-refractivity contribution is 0.0945. The Hall–Kier alpha value is -0.860. The van der Waals surface area contributed by atoms with E-state index >= 15 is 0 Å². The lowest BCUT2D eigenvalue weighted by Crippen LogP contribution is -2.26. The van der Waals surface area contributed by atoms with Gasteiger partial charge in [-0.2, -0.15) is 0 Å². The van der Waals surface area contributed by atoms with Crippen LogP contribution >= 0.6 is 0 Å². The molecule has 1 saturated heterocycles. The van der Waals surface area contributed by atoms with Crippen molar-refractivity contribution in [3.63, 3.8) is 0 Å². The van der Waals surface area contributed by atoms with Gasteiger partial charge >= 0.3 is 0 Å². The first-order valence-electron chi connectivity index (χ1n) is 7.63. The van der Waals surface area contributed by atoms with Gasteiger partial charge < -0.3 is 10.1 Å². The molecule has 19 heavy (non-hydrogen) atoms. The minimum absolute atomic E-state index is 0.433. The minimum atomic E-state index is 0.433. The molecule has 1 aliphatic heterocycles. The fourth-order valence-corrected chi connectivity index (χ4v) is 2.87. The van der Waals surface area contributed by atoms with Gasteiger partial charge in [-0.05, 0) is 57.2 Å². The van der Waals surface area contributed by atoms with E-state index in [-0.39, 0.29) is 0 Å². The number of benzene rings is 1. The Morgan fingerprint density at radius 2 is 2.21 bits per heavy atom. The molecular weight excluding hydrogens is 234 g/mol. The lowest BCUT2D eigenvalue weighted by Gasteiger charge is -2.24. The first kappa shape index (κ1) is 14.5. The quantitative estimate of drug-likeness (QED) is 0.838. The molecule has 0 saturated carbocycles. The van der Waals surface area contributed by atoms with E-state index < -0.39 is 0 Å². The Morgan fingerprint density at radius 3 is 2.89 bits per heavy atom. The molecule has 106 valence electrons. The number of hydrogen-bond donors (Lipinski definition) is 1. The van der Waals surface area contributed by atoms with Crippen LogP contribution in [0.1, 0.15) is 55.3 Å². The van der Waals surface area contributed by atoms with Crippen molar-refractivity contribution in [1.82, 2.24) is 5.32 Å². The van der Waals surface area contributed by atoms with Crippen LogP contribution in [0, 0.1) is 13.8 Å². The molecule has 2 nitrogen and oxygen atoms in total. The fraction of sp³-hybridized carbons (Fsp3) is 0.647. The molecule has 0 bridgehead atoms. The van der Waals surface area contributed by atoms with Gasteiger partial charge in [-0.15, -0.1) is 0 Å². The van der Waals surface area contributed by atoms with Crippen LogP contribution in [0.5, 0.6) is 0 Å². The highest BCUT2D eigenvalue weighted by atomic mass is 16.5. The van der Waals surface area contributed by atoms with Gasteiger partial charge in [-0.1, -0.05) is 30.7 Å². The molecule has 1 aromatic rings. The number of ether oxygens (including phenoxy) is 1. The van der Waals surface area contributed by atoms with Gasteiger partial charge in [0.2, 0.25) is 0 Å². The number of hydrogen-bond acceptors (Lipinski definition) is 2. The molecule has 1 aliphatic rings. The summed E-state index contributed by atoms with van der Waals surface area (Å²) in [5.41, 5.74) is 4.18. The molecule has 0 radical (unpaired) electrons. The molecule has 0 aromatic heterocycles. The second-order valence-corrected chi connectivity index (χ2v) is 5.74. The van der Waals surface area contributed by atoms with Crippen molar-refractivity contribution in [2.75, 3.05) is 13.2 Å². The number of nitrogens with one attached hydrogen (secondary N) is 1. The Morgan fingerprint density at radius 1 is 1.37 bits per heavy atom. The highest BCUT2D eigenvalue weighted by Gasteiger charge is 2.22. The molecule has 2 rings (SSSR count). The summed E-state index contributed by atoms with van der Waals surface area (Å²) in [5, 5.41) is 3.70. The van der Waals surface area contributed by atoms with E-state index in [2.05, 4.69) is 44.3 Å². The summed E-state index contributed by atoms with van der Waals surface area (Å²) in [6, 6.07) is 7.20. The van der Waals surface area contributed by atoms with Crippen molar-refractivity contribution >= 4 is 0 Å². The van der Waals surface area contributed by atoms with Crippen LogP contribution in [0.25, 0.3) is 0 Å². The molecule has 0 amide bonds. The first-order chi connectivity index (χ1) is 9.20. The predicted molar refractivity (Wildman–Crippen MR) is 80.5 cm³/mol. The monoisotopic (exact) mass is 261 g/mol. The third-order valence-corrected chi connectivity index (χ3v) is 3.97. The van der Waals surface area contributed by atoms with Gasteiger partial charge in [-0.3, -0.25) is 0 Å². The van der Waals surface area contributed by atoms with E-state index in [0.29, 0.717) is 12.1 Å². The molecular formula is C17H27NO. The van der Waals surface area contributed by atoms with Crippen LogP contribution < -0.4 is 5.32 Å². The van der Waals surface area contributed by atoms with E-state index in [1.807, 2.05) is 0 Å². The van der Waals surface area contributed by atoms with Crippen LogP contribution in [0.4, 0.5) is 0 Å². The van der Waals surface area contributed by atoms with Crippen molar-refractivity contribution in [2.24, 2.45) is 0 Å². The standard InChI is InChI=1S/C17H27NO/c1-4-9-18-17(12-15-6-5-10-19-15)16-11-13(2)7-8-14(16)3/h7-8,11,15,17-18H,4-6,9-10,12H2,1-3H3. The minimum Gasteiger partial charge on any atom is -0.378 e. The topological polar surface area (TPSA) is 21.3 Å². The summed E-state index contributed by atoms with van der Waals surface area (Å²) in [5.74, 6) is 0. The van der Waals surface area contributed by atoms with Crippen molar-refractivity contribution in [1.29, 1.82) is 0 Å². The van der Waals surface area contributed by atoms with E-state index in [4.69, 9.17) is 4.74 Å². The molecule has 1 heterocycles. The van der Waals surface area contributed by atoms with Crippen LogP contribution in [0.3, 0.4) is 0 Å². The summed E-state index contributed by atoms with van der Waals surface area (Å²) in [6.45, 7) is 8.62. The molecule has 2 unspecified atom stereocenters. The van der Waals surface area contributed by atoms with Crippen LogP contribution in [-0.2, 0) is 4.74 Å². The smallest absolute Gasteiger partial charge is 0.0594 e. The van der Waals surface area contributed by atoms with Crippen molar-refractivity contribution in [3.05, 3.63) is 34.9 Å². The summed E-state index contributed by atoms with van der Waals surface area (Å²) in [4.78, 5) is 0. The highest BCUT2D eigenvalue weighted by molar-refractivity contribution is 5.33. The summed E-state index contributed by atoms with van der Waals surface area (Å²) < 4.78 is 5.81. The Kier molecular flexibility index (Phi) is 5.41. The summed E-state index contributed by atoms with van der Waals surface area (Å²) in [6.07, 6.45) is 5.15. The second-order valence-electron chi connectivity index (χ2n) is 5.74. The Balaban J connectivity index is 2.12. The lowest BCUT2D eigenvalue weighted by atomic mass is 9.94. The van der Waals surface area contributed by atoms with E-state index in [1.54, 1.807) is 0 Å². The van der Waals surface area contributed by atoms with Crippen LogP contribution in [-0.4, -0.2) is 19.3 Å². The average molecular weight is 261 g/mol. The molecule has 1 fully saturated rings. The number of rotatable bonds is 6. The van der Waals surface area contributed by atoms with Gasteiger partial charge in [-0.25, -0.2) is 0 Å². The Labute approximate surface area is 117 Å². The van der Waals surface area contributed by atoms with Crippen molar-refractivity contribution in [3.8, 4) is 0 Å². The maximum atomic E-state index is 5.81. The second kappa shape index (κ2) is 7.06. The van der Waals surface area contributed by atoms with Crippen LogP contribution in [0.2, 0.25) is 0 Å². The zero-order valence-electron chi connectivity index (χ0n) is 12.5. The normalized spacial score (nSPS) is 20.7. The number of aryl methyl sites for hydroxylation is 2. The summed E-state index contributed by atoms with van der Waals surface area (Å²) >= 11 is 0. The zero-order valence-corrected chi connectivity index (χ0v) is 12.5. The summed E-state index contributed by atoms with van der Waals surface area (Å²) in [7, 11) is 0. The molecule has 2 heteroatoms. The van der Waals surface area contributed by atoms with Crippen molar-refractivity contribution in [2.45, 2.75) is 58.6 Å². The van der Waals surface area contributed by atoms with Gasteiger partial charge in [0, 0.05) is 12.6 Å². The molecule has 0 aliphatic carbocycles. The molecule has 1 aromatic carbocycles. The largest absolute Gasteiger partial charge is 0.378 e. The van der Waals surface area contributed by atoms with Gasteiger partial charge in [0.1, 0.15) is 0 Å². The SMILES string of the molecule is CCCNC(CC1CCCO1)c1cc(C)ccc1C. The third-order valence-electron chi connectivity index (χ3n) is 3.97. The predicted octanol–water partition coefficient (Wildman–Crippen LogP) is 3.91. The maximum absolute atomic E-state index is 5.81. The van der Waals surface area contributed by atoms with Crippen LogP contribution in [0.15, 0.2) is 18.2 Å². The van der Waals surface area contributed by atoms with Gasteiger partial charge in [0.05, 0.1) is 6.10 Å². The fourth-order valence-electron chi connectivity index (χ4n) is 2.87. The van der Waals surface area contributed by atoms with Crippen molar-refractivity contribution < 1.29 is 4.74 Å². The molecule has 1 N–H and O–H groups in total. The molecule has 0 spiro atoms. The van der Waals surface area contributed by atoms with E-state index in [9.17, 15) is 0 Å². The first-order valence-corrected chi connectivity index (χ1v) is 7.63. The maximum Gasteiger partial charge on any atom is 0.0594 e. The van der Waals surface area contributed by atoms with Gasteiger partial charge in [0.25, 0.3) is 0 Å². The van der Waals surface area contributed by atoms with E-state index in [1.165, 1.54) is 36.0 Å². The molecule has 2 atom stereocenters. The third kappa shape index (κ3) is 4.05. The Bertz CT molecular complexity index is 396. The zero-order chi connectivity index (χ0) is 13.7.